The van der Waals surface area contributed by atoms with E-state index in [-0.39, 0.29) is 5.91 Å². The van der Waals surface area contributed by atoms with Gasteiger partial charge in [-0.1, -0.05) is 0 Å². The van der Waals surface area contributed by atoms with Gasteiger partial charge in [0, 0.05) is 9.13 Å². The molecule has 5 nitrogen and oxygen atoms in total. The summed E-state index contributed by atoms with van der Waals surface area (Å²) >= 11 is 3.54. The van der Waals surface area contributed by atoms with Gasteiger partial charge in [-0.3, -0.25) is 4.79 Å². The summed E-state index contributed by atoms with van der Waals surface area (Å²) in [4.78, 5) is 17.3. The van der Waals surface area contributed by atoms with Crippen molar-refractivity contribution in [1.82, 2.24) is 5.32 Å². The third-order valence-electron chi connectivity index (χ3n) is 3.43. The lowest BCUT2D eigenvalue weighted by Crippen LogP contribution is -2.19. The molecule has 1 heterocycles. The van der Waals surface area contributed by atoms with E-state index in [9.17, 15) is 4.79 Å². The van der Waals surface area contributed by atoms with Crippen molar-refractivity contribution >= 4 is 57.2 Å². The molecule has 1 amide bonds. The van der Waals surface area contributed by atoms with E-state index >= 15 is 0 Å². The van der Waals surface area contributed by atoms with Crippen LogP contribution in [0, 0.1) is 3.57 Å². The van der Waals surface area contributed by atoms with E-state index in [1.165, 1.54) is 11.8 Å². The number of nitrogens with one attached hydrogen (secondary N) is 1. The number of methoxy groups -OCH3 is 2. The highest BCUT2D eigenvalue weighted by molar-refractivity contribution is 14.1. The number of carbonyl (C=O) groups excluding carboxylic acids is 1. The van der Waals surface area contributed by atoms with Crippen molar-refractivity contribution in [3.63, 3.8) is 0 Å². The van der Waals surface area contributed by atoms with Crippen molar-refractivity contribution < 1.29 is 14.3 Å². The summed E-state index contributed by atoms with van der Waals surface area (Å²) in [5.41, 5.74) is 1.57. The van der Waals surface area contributed by atoms with Gasteiger partial charge in [0.25, 0.3) is 5.91 Å². The molecule has 1 aliphatic rings. The van der Waals surface area contributed by atoms with Crippen LogP contribution in [0.25, 0.3) is 6.08 Å². The summed E-state index contributed by atoms with van der Waals surface area (Å²) < 4.78 is 11.7. The summed E-state index contributed by atoms with van der Waals surface area (Å²) in [7, 11) is 3.19. The first kappa shape index (κ1) is 17.8. The third-order valence-corrected chi connectivity index (χ3v) is 5.06. The van der Waals surface area contributed by atoms with E-state index in [2.05, 4.69) is 32.9 Å². The number of hydrogen-bond acceptors (Lipinski definition) is 5. The predicted octanol–water partition coefficient (Wildman–Crippen LogP) is 4.20. The van der Waals surface area contributed by atoms with E-state index in [0.29, 0.717) is 21.6 Å². The number of amidine groups is 1. The van der Waals surface area contributed by atoms with Gasteiger partial charge in [0.15, 0.2) is 5.17 Å². The lowest BCUT2D eigenvalue weighted by Gasteiger charge is -2.07. The number of rotatable bonds is 4. The van der Waals surface area contributed by atoms with Crippen LogP contribution in [0.4, 0.5) is 5.69 Å². The maximum Gasteiger partial charge on any atom is 0.264 e. The Morgan fingerprint density at radius 3 is 2.56 bits per heavy atom. The Bertz CT molecular complexity index is 863. The number of nitrogens with zero attached hydrogens (tertiary/aromatic N) is 1. The first-order chi connectivity index (χ1) is 12.1. The normalized spacial score (nSPS) is 17.0. The van der Waals surface area contributed by atoms with Gasteiger partial charge in [-0.25, -0.2) is 4.99 Å². The molecule has 2 aromatic rings. The fraction of sp³-hybridized carbons (Fsp3) is 0.111. The number of benzene rings is 2. The van der Waals surface area contributed by atoms with E-state index in [1.807, 2.05) is 42.5 Å². The van der Waals surface area contributed by atoms with E-state index in [4.69, 9.17) is 9.47 Å². The number of halogens is 1. The molecular weight excluding hydrogens is 451 g/mol. The second kappa shape index (κ2) is 7.92. The van der Waals surface area contributed by atoms with Crippen LogP contribution >= 0.6 is 34.4 Å². The van der Waals surface area contributed by atoms with Crippen LogP contribution in [0.5, 0.6) is 11.5 Å². The largest absolute Gasteiger partial charge is 0.497 e. The fourth-order valence-electron chi connectivity index (χ4n) is 2.21. The molecule has 1 fully saturated rings. The summed E-state index contributed by atoms with van der Waals surface area (Å²) in [5, 5.41) is 3.34. The second-order valence-electron chi connectivity index (χ2n) is 5.07. The molecule has 1 saturated heterocycles. The Balaban J connectivity index is 1.87. The van der Waals surface area contributed by atoms with Crippen molar-refractivity contribution in [3.05, 3.63) is 56.5 Å². The molecular formula is C18H15IN2O3S. The molecule has 3 rings (SSSR count). The average Bonchev–Trinajstić information content (AvgIpc) is 2.96. The molecule has 0 aliphatic carbocycles. The second-order valence-corrected chi connectivity index (χ2v) is 7.34. The van der Waals surface area contributed by atoms with Gasteiger partial charge >= 0.3 is 0 Å². The van der Waals surface area contributed by atoms with E-state index in [1.54, 1.807) is 20.3 Å². The Hall–Kier alpha value is -2.00. The van der Waals surface area contributed by atoms with Gasteiger partial charge in [-0.05, 0) is 82.9 Å². The standard InChI is InChI=1S/C18H15IN2O3S/c1-23-14-7-8-15(24-2)11(9-14)10-16-17(22)21-18(25-16)20-13-5-3-12(19)4-6-13/h3-10H,1-2H3,(H,20,21,22)/b16-10+. The van der Waals surface area contributed by atoms with Crippen LogP contribution in [0.2, 0.25) is 0 Å². The first-order valence-electron chi connectivity index (χ1n) is 7.36. The SMILES string of the molecule is COc1ccc(OC)c(/C=C2/SC(=Nc3ccc(I)cc3)NC2=O)c1. The number of ether oxygens (including phenoxy) is 2. The van der Waals surface area contributed by atoms with Gasteiger partial charge in [0.2, 0.25) is 0 Å². The minimum atomic E-state index is -0.181. The van der Waals surface area contributed by atoms with E-state index in [0.717, 1.165) is 14.8 Å². The zero-order chi connectivity index (χ0) is 17.8. The molecule has 128 valence electrons. The minimum Gasteiger partial charge on any atom is -0.497 e. The molecule has 0 unspecified atom stereocenters. The third kappa shape index (κ3) is 4.35. The van der Waals surface area contributed by atoms with Gasteiger partial charge < -0.3 is 14.8 Å². The molecule has 0 atom stereocenters. The lowest BCUT2D eigenvalue weighted by atomic mass is 10.1. The highest BCUT2D eigenvalue weighted by atomic mass is 127. The molecule has 0 spiro atoms. The molecule has 7 heteroatoms. The molecule has 0 radical (unpaired) electrons. The summed E-state index contributed by atoms with van der Waals surface area (Å²) in [5.74, 6) is 1.19. The van der Waals surface area contributed by atoms with Gasteiger partial charge in [0.1, 0.15) is 11.5 Å². The first-order valence-corrected chi connectivity index (χ1v) is 9.26. The Labute approximate surface area is 163 Å². The van der Waals surface area contributed by atoms with Crippen LogP contribution in [0.1, 0.15) is 5.56 Å². The zero-order valence-electron chi connectivity index (χ0n) is 13.6. The minimum absolute atomic E-state index is 0.181. The maximum absolute atomic E-state index is 12.2. The van der Waals surface area contributed by atoms with Crippen LogP contribution < -0.4 is 14.8 Å². The summed E-state index contributed by atoms with van der Waals surface area (Å²) in [6.45, 7) is 0. The van der Waals surface area contributed by atoms with Gasteiger partial charge in [-0.15, -0.1) is 0 Å². The van der Waals surface area contributed by atoms with Gasteiger partial charge in [0.05, 0.1) is 24.8 Å². The highest BCUT2D eigenvalue weighted by Gasteiger charge is 2.24. The number of hydrogen-bond donors (Lipinski definition) is 1. The Morgan fingerprint density at radius 1 is 1.12 bits per heavy atom. The van der Waals surface area contributed by atoms with Crippen molar-refractivity contribution in [1.29, 1.82) is 0 Å². The molecule has 0 saturated carbocycles. The average molecular weight is 466 g/mol. The van der Waals surface area contributed by atoms with Crippen molar-refractivity contribution in [2.45, 2.75) is 0 Å². The Morgan fingerprint density at radius 2 is 1.88 bits per heavy atom. The molecule has 0 bridgehead atoms. The Kier molecular flexibility index (Phi) is 5.64. The van der Waals surface area contributed by atoms with Crippen LogP contribution in [-0.4, -0.2) is 25.3 Å². The fourth-order valence-corrected chi connectivity index (χ4v) is 3.40. The van der Waals surface area contributed by atoms with Crippen molar-refractivity contribution in [2.75, 3.05) is 14.2 Å². The quantitative estimate of drug-likeness (QED) is 0.542. The van der Waals surface area contributed by atoms with Crippen molar-refractivity contribution in [2.24, 2.45) is 4.99 Å². The topological polar surface area (TPSA) is 59.9 Å². The van der Waals surface area contributed by atoms with Crippen molar-refractivity contribution in [3.8, 4) is 11.5 Å². The van der Waals surface area contributed by atoms with Crippen LogP contribution in [0.3, 0.4) is 0 Å². The molecule has 0 aromatic heterocycles. The molecule has 2 aromatic carbocycles. The van der Waals surface area contributed by atoms with E-state index < -0.39 is 0 Å². The van der Waals surface area contributed by atoms with Gasteiger partial charge in [-0.2, -0.15) is 0 Å². The summed E-state index contributed by atoms with van der Waals surface area (Å²) in [6, 6.07) is 13.2. The number of amides is 1. The van der Waals surface area contributed by atoms with Crippen LogP contribution in [0.15, 0.2) is 52.4 Å². The molecule has 1 N–H and O–H groups in total. The molecule has 1 aliphatic heterocycles. The van der Waals surface area contributed by atoms with Crippen LogP contribution in [-0.2, 0) is 4.79 Å². The number of carbonyl (C=O) groups is 1. The zero-order valence-corrected chi connectivity index (χ0v) is 16.6. The highest BCUT2D eigenvalue weighted by Crippen LogP contribution is 2.32. The maximum atomic E-state index is 12.2. The predicted molar refractivity (Wildman–Crippen MR) is 110 cm³/mol. The monoisotopic (exact) mass is 466 g/mol. The number of thioether (sulfide) groups is 1. The lowest BCUT2D eigenvalue weighted by molar-refractivity contribution is -0.115. The summed E-state index contributed by atoms with van der Waals surface area (Å²) in [6.07, 6.45) is 1.78. The smallest absolute Gasteiger partial charge is 0.264 e. The number of aliphatic imine (C=N–C) groups is 1. The molecule has 25 heavy (non-hydrogen) atoms.